The van der Waals surface area contributed by atoms with E-state index in [1.165, 1.54) is 12.8 Å². The average molecular weight is 193 g/mol. The van der Waals surface area contributed by atoms with Crippen LogP contribution in [0, 0.1) is 25.7 Å². The third kappa shape index (κ3) is 1.51. The normalized spacial score (nSPS) is 25.4. The molecule has 1 saturated carbocycles. The van der Waals surface area contributed by atoms with Crippen molar-refractivity contribution in [2.24, 2.45) is 11.8 Å². The molecule has 0 aliphatic heterocycles. The van der Waals surface area contributed by atoms with Gasteiger partial charge in [-0.2, -0.15) is 5.10 Å². The van der Waals surface area contributed by atoms with Crippen LogP contribution in [0.2, 0.25) is 0 Å². The van der Waals surface area contributed by atoms with Gasteiger partial charge in [0.1, 0.15) is 0 Å². The Morgan fingerprint density at radius 2 is 2.14 bits per heavy atom. The third-order valence-corrected chi connectivity index (χ3v) is 3.44. The fourth-order valence-corrected chi connectivity index (χ4v) is 2.14. The van der Waals surface area contributed by atoms with Crippen molar-refractivity contribution in [3.63, 3.8) is 0 Å². The summed E-state index contributed by atoms with van der Waals surface area (Å²) in [5.41, 5.74) is 8.84. The fraction of sp³-hybridized carbons (Fsp3) is 0.727. The second-order valence-electron chi connectivity index (χ2n) is 4.43. The maximum absolute atomic E-state index is 5.88. The minimum absolute atomic E-state index is 0.845. The first-order valence-electron chi connectivity index (χ1n) is 5.43. The van der Waals surface area contributed by atoms with Crippen LogP contribution in [0.15, 0.2) is 0 Å². The quantitative estimate of drug-likeness (QED) is 0.799. The van der Waals surface area contributed by atoms with E-state index in [-0.39, 0.29) is 0 Å². The molecule has 14 heavy (non-hydrogen) atoms. The molecule has 1 aromatic heterocycles. The summed E-state index contributed by atoms with van der Waals surface area (Å²) in [6, 6.07) is 0. The molecule has 1 heterocycles. The molecule has 0 unspecified atom stereocenters. The van der Waals surface area contributed by atoms with E-state index in [2.05, 4.69) is 23.6 Å². The van der Waals surface area contributed by atoms with Crippen molar-refractivity contribution >= 4 is 5.69 Å². The van der Waals surface area contributed by atoms with E-state index in [1.807, 2.05) is 6.92 Å². The van der Waals surface area contributed by atoms with Gasteiger partial charge in [0, 0.05) is 6.54 Å². The lowest BCUT2D eigenvalue weighted by Gasteiger charge is -2.02. The first kappa shape index (κ1) is 9.56. The van der Waals surface area contributed by atoms with Crippen molar-refractivity contribution in [1.82, 2.24) is 9.78 Å². The van der Waals surface area contributed by atoms with Crippen molar-refractivity contribution < 1.29 is 0 Å². The minimum atomic E-state index is 0.845. The Kier molecular flexibility index (Phi) is 2.25. The largest absolute Gasteiger partial charge is 0.396 e. The number of hydrogen-bond donors (Lipinski definition) is 1. The highest BCUT2D eigenvalue weighted by Crippen LogP contribution is 2.42. The van der Waals surface area contributed by atoms with Gasteiger partial charge >= 0.3 is 0 Å². The van der Waals surface area contributed by atoms with E-state index in [1.54, 1.807) is 0 Å². The van der Waals surface area contributed by atoms with Crippen LogP contribution in [0.3, 0.4) is 0 Å². The number of aromatic nitrogens is 2. The number of aryl methyl sites for hydroxylation is 1. The molecule has 1 aliphatic carbocycles. The van der Waals surface area contributed by atoms with Gasteiger partial charge in [-0.15, -0.1) is 0 Å². The van der Waals surface area contributed by atoms with Gasteiger partial charge in [-0.25, -0.2) is 0 Å². The number of hydrogen-bond acceptors (Lipinski definition) is 2. The minimum Gasteiger partial charge on any atom is -0.396 e. The van der Waals surface area contributed by atoms with Crippen molar-refractivity contribution in [1.29, 1.82) is 0 Å². The predicted molar refractivity (Wildman–Crippen MR) is 58.0 cm³/mol. The van der Waals surface area contributed by atoms with Crippen molar-refractivity contribution in [3.05, 3.63) is 11.4 Å². The molecule has 3 nitrogen and oxygen atoms in total. The summed E-state index contributed by atoms with van der Waals surface area (Å²) in [4.78, 5) is 0. The second kappa shape index (κ2) is 3.30. The molecule has 2 rings (SSSR count). The highest BCUT2D eigenvalue weighted by Gasteiger charge is 2.35. The third-order valence-electron chi connectivity index (χ3n) is 3.44. The van der Waals surface area contributed by atoms with E-state index in [4.69, 9.17) is 5.73 Å². The molecule has 0 aromatic carbocycles. The molecule has 2 N–H and O–H groups in total. The Balaban J connectivity index is 2.07. The Morgan fingerprint density at radius 1 is 1.43 bits per heavy atom. The summed E-state index contributed by atoms with van der Waals surface area (Å²) in [5, 5.41) is 4.45. The maximum Gasteiger partial charge on any atom is 0.0825 e. The molecular weight excluding hydrogens is 174 g/mol. The van der Waals surface area contributed by atoms with Crippen LogP contribution in [0.4, 0.5) is 5.69 Å². The second-order valence-corrected chi connectivity index (χ2v) is 4.43. The van der Waals surface area contributed by atoms with E-state index >= 15 is 0 Å². The van der Waals surface area contributed by atoms with Gasteiger partial charge in [-0.3, -0.25) is 4.68 Å². The Hall–Kier alpha value is -0.990. The highest BCUT2D eigenvalue weighted by atomic mass is 15.3. The van der Waals surface area contributed by atoms with Gasteiger partial charge in [0.05, 0.1) is 17.1 Å². The van der Waals surface area contributed by atoms with E-state index in [0.29, 0.717) is 0 Å². The Bertz CT molecular complexity index is 341. The summed E-state index contributed by atoms with van der Waals surface area (Å²) >= 11 is 0. The standard InChI is InChI=1S/C11H19N3/c1-4-9-5-10(9)6-14-8(3)11(12)7(2)13-14/h9-10H,4-6,12H2,1-3H3/t9-,10+/m1/s1. The lowest BCUT2D eigenvalue weighted by Crippen LogP contribution is -2.05. The van der Waals surface area contributed by atoms with Gasteiger partial charge in [0.25, 0.3) is 0 Å². The highest BCUT2D eigenvalue weighted by molar-refractivity contribution is 5.46. The lowest BCUT2D eigenvalue weighted by molar-refractivity contribution is 0.513. The summed E-state index contributed by atoms with van der Waals surface area (Å²) < 4.78 is 2.07. The molecule has 0 radical (unpaired) electrons. The summed E-state index contributed by atoms with van der Waals surface area (Å²) in [6.07, 6.45) is 2.67. The van der Waals surface area contributed by atoms with Crippen LogP contribution in [-0.2, 0) is 6.54 Å². The van der Waals surface area contributed by atoms with Crippen molar-refractivity contribution in [3.8, 4) is 0 Å². The molecule has 0 spiro atoms. The topological polar surface area (TPSA) is 43.8 Å². The zero-order chi connectivity index (χ0) is 10.3. The van der Waals surface area contributed by atoms with Crippen LogP contribution in [0.25, 0.3) is 0 Å². The number of nitrogen functional groups attached to an aromatic ring is 1. The van der Waals surface area contributed by atoms with E-state index < -0.39 is 0 Å². The zero-order valence-corrected chi connectivity index (χ0v) is 9.25. The molecule has 0 saturated heterocycles. The first-order valence-corrected chi connectivity index (χ1v) is 5.43. The predicted octanol–water partition coefficient (Wildman–Crippen LogP) is 2.13. The Labute approximate surface area is 85.3 Å². The summed E-state index contributed by atoms with van der Waals surface area (Å²) in [6.45, 7) is 7.35. The average Bonchev–Trinajstić information content (AvgIpc) is 2.87. The van der Waals surface area contributed by atoms with E-state index in [9.17, 15) is 0 Å². The lowest BCUT2D eigenvalue weighted by atomic mass is 10.2. The molecule has 0 bridgehead atoms. The van der Waals surface area contributed by atoms with Gasteiger partial charge < -0.3 is 5.73 Å². The number of nitrogens with two attached hydrogens (primary N) is 1. The van der Waals surface area contributed by atoms with Gasteiger partial charge in [0.2, 0.25) is 0 Å². The number of rotatable bonds is 3. The van der Waals surface area contributed by atoms with Gasteiger partial charge in [-0.05, 0) is 32.1 Å². The fourth-order valence-electron chi connectivity index (χ4n) is 2.14. The molecule has 1 aliphatic rings. The van der Waals surface area contributed by atoms with Crippen molar-refractivity contribution in [2.75, 3.05) is 5.73 Å². The molecular formula is C11H19N3. The zero-order valence-electron chi connectivity index (χ0n) is 9.25. The molecule has 0 amide bonds. The SMILES string of the molecule is CC[C@@H]1C[C@H]1Cn1nc(C)c(N)c1C. The maximum atomic E-state index is 5.88. The van der Waals surface area contributed by atoms with Crippen LogP contribution >= 0.6 is 0 Å². The molecule has 1 fully saturated rings. The number of anilines is 1. The molecule has 3 heteroatoms. The summed E-state index contributed by atoms with van der Waals surface area (Å²) in [7, 11) is 0. The summed E-state index contributed by atoms with van der Waals surface area (Å²) in [5.74, 6) is 1.78. The van der Waals surface area contributed by atoms with E-state index in [0.717, 1.165) is 35.5 Å². The molecule has 1 aromatic rings. The smallest absolute Gasteiger partial charge is 0.0825 e. The van der Waals surface area contributed by atoms with Crippen LogP contribution in [-0.4, -0.2) is 9.78 Å². The van der Waals surface area contributed by atoms with Gasteiger partial charge in [-0.1, -0.05) is 13.3 Å². The van der Waals surface area contributed by atoms with Crippen LogP contribution < -0.4 is 5.73 Å². The number of nitrogens with zero attached hydrogens (tertiary/aromatic N) is 2. The van der Waals surface area contributed by atoms with Crippen LogP contribution in [0.5, 0.6) is 0 Å². The Morgan fingerprint density at radius 3 is 2.57 bits per heavy atom. The van der Waals surface area contributed by atoms with Gasteiger partial charge in [0.15, 0.2) is 0 Å². The first-order chi connectivity index (χ1) is 6.63. The molecule has 2 atom stereocenters. The molecule has 78 valence electrons. The monoisotopic (exact) mass is 193 g/mol. The van der Waals surface area contributed by atoms with Crippen molar-refractivity contribution in [2.45, 2.75) is 40.2 Å². The van der Waals surface area contributed by atoms with Crippen LogP contribution in [0.1, 0.15) is 31.2 Å².